The molecule has 3 aromatic carbocycles. The largest absolute Gasteiger partial charge is 0.322 e. The van der Waals surface area contributed by atoms with Gasteiger partial charge in [-0.1, -0.05) is 42.0 Å². The fourth-order valence-electron chi connectivity index (χ4n) is 2.64. The third kappa shape index (κ3) is 4.58. The van der Waals surface area contributed by atoms with Crippen molar-refractivity contribution in [2.24, 2.45) is 0 Å². The number of amides is 1. The molecule has 0 unspecified atom stereocenters. The normalized spacial score (nSPS) is 10.9. The number of aryl methyl sites for hydroxylation is 1. The number of rotatable bonds is 6. The zero-order chi connectivity index (χ0) is 21.0. The average molecular weight is 411 g/mol. The lowest BCUT2D eigenvalue weighted by Crippen LogP contribution is -2.19. The van der Waals surface area contributed by atoms with Crippen LogP contribution in [0, 0.1) is 17.0 Å². The fourth-order valence-corrected chi connectivity index (χ4v) is 3.89. The molecule has 0 aliphatic heterocycles. The summed E-state index contributed by atoms with van der Waals surface area (Å²) in [5.41, 5.74) is 1.12. The molecule has 29 heavy (non-hydrogen) atoms. The summed E-state index contributed by atoms with van der Waals surface area (Å²) >= 11 is 0. The summed E-state index contributed by atoms with van der Waals surface area (Å²) in [6.45, 7) is 1.92. The predicted molar refractivity (Wildman–Crippen MR) is 109 cm³/mol. The Kier molecular flexibility index (Phi) is 5.60. The van der Waals surface area contributed by atoms with Gasteiger partial charge in [0.25, 0.3) is 21.6 Å². The number of para-hydroxylation sites is 2. The lowest BCUT2D eigenvalue weighted by Gasteiger charge is -2.13. The van der Waals surface area contributed by atoms with E-state index in [9.17, 15) is 23.3 Å². The monoisotopic (exact) mass is 411 g/mol. The quantitative estimate of drug-likeness (QED) is 0.470. The Balaban J connectivity index is 1.92. The Hall–Kier alpha value is -3.72. The summed E-state index contributed by atoms with van der Waals surface area (Å²) in [5.74, 6) is -0.519. The maximum absolute atomic E-state index is 12.8. The number of benzene rings is 3. The van der Waals surface area contributed by atoms with E-state index in [-0.39, 0.29) is 11.3 Å². The van der Waals surface area contributed by atoms with E-state index >= 15 is 0 Å². The molecule has 8 nitrogen and oxygen atoms in total. The predicted octanol–water partition coefficient (Wildman–Crippen LogP) is 3.96. The van der Waals surface area contributed by atoms with Crippen LogP contribution in [0.25, 0.3) is 0 Å². The third-order valence-electron chi connectivity index (χ3n) is 4.08. The Morgan fingerprint density at radius 2 is 1.55 bits per heavy atom. The smallest absolute Gasteiger partial charge is 0.289 e. The van der Waals surface area contributed by atoms with E-state index in [1.54, 1.807) is 24.3 Å². The van der Waals surface area contributed by atoms with E-state index in [1.165, 1.54) is 24.3 Å². The van der Waals surface area contributed by atoms with Crippen molar-refractivity contribution in [2.75, 3.05) is 10.0 Å². The number of hydrogen-bond donors (Lipinski definition) is 2. The highest BCUT2D eigenvalue weighted by molar-refractivity contribution is 7.92. The molecule has 148 valence electrons. The number of hydrogen-bond acceptors (Lipinski definition) is 5. The van der Waals surface area contributed by atoms with Crippen LogP contribution in [0.1, 0.15) is 15.9 Å². The maximum Gasteiger partial charge on any atom is 0.289 e. The first-order valence-corrected chi connectivity index (χ1v) is 9.99. The molecule has 0 fully saturated rings. The Morgan fingerprint density at radius 1 is 0.931 bits per heavy atom. The highest BCUT2D eigenvalue weighted by Crippen LogP contribution is 2.27. The van der Waals surface area contributed by atoms with Crippen molar-refractivity contribution in [1.82, 2.24) is 0 Å². The average Bonchev–Trinajstić information content (AvgIpc) is 2.70. The van der Waals surface area contributed by atoms with Crippen LogP contribution in [0.3, 0.4) is 0 Å². The number of nitrogens with one attached hydrogen (secondary N) is 2. The molecule has 3 aromatic rings. The third-order valence-corrected chi connectivity index (χ3v) is 5.49. The van der Waals surface area contributed by atoms with Crippen molar-refractivity contribution in [3.8, 4) is 0 Å². The highest BCUT2D eigenvalue weighted by atomic mass is 32.2. The molecule has 0 heterocycles. The van der Waals surface area contributed by atoms with Gasteiger partial charge in [-0.2, -0.15) is 0 Å². The summed E-state index contributed by atoms with van der Waals surface area (Å²) < 4.78 is 27.8. The molecule has 0 atom stereocenters. The van der Waals surface area contributed by atoms with Crippen molar-refractivity contribution < 1.29 is 18.1 Å². The van der Waals surface area contributed by atoms with E-state index in [0.29, 0.717) is 5.69 Å². The van der Waals surface area contributed by atoms with Crippen LogP contribution in [0.5, 0.6) is 0 Å². The first kappa shape index (κ1) is 20.0. The van der Waals surface area contributed by atoms with Crippen molar-refractivity contribution in [1.29, 1.82) is 0 Å². The molecular weight excluding hydrogens is 394 g/mol. The van der Waals surface area contributed by atoms with Gasteiger partial charge in [0.15, 0.2) is 4.90 Å². The van der Waals surface area contributed by atoms with Gasteiger partial charge in [0.1, 0.15) is 0 Å². The molecule has 0 radical (unpaired) electrons. The molecule has 9 heteroatoms. The van der Waals surface area contributed by atoms with Crippen LogP contribution >= 0.6 is 0 Å². The Bertz CT molecular complexity index is 1170. The lowest BCUT2D eigenvalue weighted by molar-refractivity contribution is -0.387. The van der Waals surface area contributed by atoms with Crippen molar-refractivity contribution in [2.45, 2.75) is 11.8 Å². The fraction of sp³-hybridized carbons (Fsp3) is 0.0500. The van der Waals surface area contributed by atoms with Crippen molar-refractivity contribution in [3.05, 3.63) is 94.0 Å². The highest BCUT2D eigenvalue weighted by Gasteiger charge is 2.26. The molecule has 0 saturated heterocycles. The van der Waals surface area contributed by atoms with Crippen molar-refractivity contribution in [3.63, 3.8) is 0 Å². The van der Waals surface area contributed by atoms with Gasteiger partial charge in [-0.05, 0) is 37.3 Å². The Morgan fingerprint density at radius 3 is 2.24 bits per heavy atom. The number of carbonyl (C=O) groups is 1. The minimum Gasteiger partial charge on any atom is -0.322 e. The van der Waals surface area contributed by atoms with Gasteiger partial charge in [-0.3, -0.25) is 19.6 Å². The van der Waals surface area contributed by atoms with E-state index in [4.69, 9.17) is 0 Å². The minimum atomic E-state index is -4.30. The number of nitro benzene ring substituents is 1. The molecule has 0 aromatic heterocycles. The van der Waals surface area contributed by atoms with Crippen LogP contribution in [-0.2, 0) is 10.0 Å². The lowest BCUT2D eigenvalue weighted by atomic mass is 10.1. The minimum absolute atomic E-state index is 0.00950. The van der Waals surface area contributed by atoms with Gasteiger partial charge < -0.3 is 5.32 Å². The molecule has 0 spiro atoms. The SMILES string of the molecule is Cc1ccc(NC(=O)c2ccccc2NS(=O)(=O)c2ccccc2[N+](=O)[O-])cc1. The van der Waals surface area contributed by atoms with Gasteiger partial charge in [0.2, 0.25) is 0 Å². The maximum atomic E-state index is 12.8. The van der Waals surface area contributed by atoms with E-state index in [0.717, 1.165) is 17.7 Å². The van der Waals surface area contributed by atoms with Crippen LogP contribution in [-0.4, -0.2) is 19.2 Å². The number of carbonyl (C=O) groups excluding carboxylic acids is 1. The number of nitro groups is 1. The summed E-state index contributed by atoms with van der Waals surface area (Å²) in [6.07, 6.45) is 0. The Labute approximate surface area is 167 Å². The summed E-state index contributed by atoms with van der Waals surface area (Å²) in [7, 11) is -4.30. The number of nitrogens with zero attached hydrogens (tertiary/aromatic N) is 1. The summed E-state index contributed by atoms with van der Waals surface area (Å²) in [4.78, 5) is 22.6. The van der Waals surface area contributed by atoms with E-state index in [1.807, 2.05) is 19.1 Å². The van der Waals surface area contributed by atoms with Crippen molar-refractivity contribution >= 4 is 33.0 Å². The molecule has 2 N–H and O–H groups in total. The van der Waals surface area contributed by atoms with Gasteiger partial charge in [0, 0.05) is 11.8 Å². The molecule has 0 aliphatic rings. The molecule has 1 amide bonds. The van der Waals surface area contributed by atoms with E-state index in [2.05, 4.69) is 10.0 Å². The second kappa shape index (κ2) is 8.11. The van der Waals surface area contributed by atoms with Gasteiger partial charge in [-0.15, -0.1) is 0 Å². The molecule has 0 bridgehead atoms. The van der Waals surface area contributed by atoms with Crippen LogP contribution in [0.4, 0.5) is 17.1 Å². The first-order valence-electron chi connectivity index (χ1n) is 8.51. The van der Waals surface area contributed by atoms with E-state index < -0.39 is 31.4 Å². The zero-order valence-electron chi connectivity index (χ0n) is 15.3. The van der Waals surface area contributed by atoms with Crippen LogP contribution in [0.2, 0.25) is 0 Å². The van der Waals surface area contributed by atoms with Gasteiger partial charge >= 0.3 is 0 Å². The topological polar surface area (TPSA) is 118 Å². The van der Waals surface area contributed by atoms with Crippen LogP contribution < -0.4 is 10.0 Å². The number of anilines is 2. The van der Waals surface area contributed by atoms with Gasteiger partial charge in [0.05, 0.1) is 16.2 Å². The molecule has 0 aliphatic carbocycles. The number of sulfonamides is 1. The molecule has 0 saturated carbocycles. The molecular formula is C20H17N3O5S. The standard InChI is InChI=1S/C20H17N3O5S/c1-14-10-12-15(13-11-14)21-20(24)16-6-2-3-7-17(16)22-29(27,28)19-9-5-4-8-18(19)23(25)26/h2-13,22H,1H3,(H,21,24). The van der Waals surface area contributed by atoms with Gasteiger partial charge in [-0.25, -0.2) is 8.42 Å². The summed E-state index contributed by atoms with van der Waals surface area (Å²) in [6, 6.07) is 18.1. The first-order chi connectivity index (χ1) is 13.8. The molecule has 3 rings (SSSR count). The zero-order valence-corrected chi connectivity index (χ0v) is 16.1. The second-order valence-corrected chi connectivity index (χ2v) is 7.85. The van der Waals surface area contributed by atoms with Crippen LogP contribution in [0.15, 0.2) is 77.7 Å². The summed E-state index contributed by atoms with van der Waals surface area (Å²) in [5, 5.41) is 13.9. The second-order valence-electron chi connectivity index (χ2n) is 6.20.